The predicted molar refractivity (Wildman–Crippen MR) is 46.2 cm³/mol. The van der Waals surface area contributed by atoms with E-state index < -0.39 is 9.84 Å². The molecular weight excluding hydrogens is 192 g/mol. The number of hydrogen-bond donors (Lipinski definition) is 0. The Morgan fingerprint density at radius 3 is 2.46 bits per heavy atom. The molecule has 1 aromatic heterocycles. The highest BCUT2D eigenvalue weighted by Gasteiger charge is 2.12. The zero-order chi connectivity index (χ0) is 10.1. The summed E-state index contributed by atoms with van der Waals surface area (Å²) in [5.74, 6) is 0.322. The number of ketones is 1. The molecule has 0 aromatic carbocycles. The number of Topliss-reactive ketones (excluding diaryl/α,β-unsaturated/α-hetero) is 1. The molecule has 1 heterocycles. The lowest BCUT2D eigenvalue weighted by molar-refractivity contribution is -0.116. The molecule has 4 nitrogen and oxygen atoms in total. The standard InChI is InChI=1S/C8H10O4S/c1-6(9)5-7-3-4-8(12-7)13(2,10)11/h3-4H,5H2,1-2H3. The van der Waals surface area contributed by atoms with Crippen molar-refractivity contribution in [3.05, 3.63) is 17.9 Å². The highest BCUT2D eigenvalue weighted by molar-refractivity contribution is 7.90. The zero-order valence-electron chi connectivity index (χ0n) is 7.40. The van der Waals surface area contributed by atoms with Crippen LogP contribution >= 0.6 is 0 Å². The summed E-state index contributed by atoms with van der Waals surface area (Å²) in [6.45, 7) is 1.42. The van der Waals surface area contributed by atoms with Gasteiger partial charge in [-0.15, -0.1) is 0 Å². The third-order valence-corrected chi connectivity index (χ3v) is 2.38. The van der Waals surface area contributed by atoms with Gasteiger partial charge in [0.15, 0.2) is 0 Å². The Bertz CT molecular complexity index is 413. The van der Waals surface area contributed by atoms with Crippen molar-refractivity contribution in [3.63, 3.8) is 0 Å². The number of carbonyl (C=O) groups is 1. The van der Waals surface area contributed by atoms with Gasteiger partial charge in [-0.3, -0.25) is 4.79 Å². The molecule has 5 heteroatoms. The maximum Gasteiger partial charge on any atom is 0.217 e. The normalized spacial score (nSPS) is 11.5. The fraction of sp³-hybridized carbons (Fsp3) is 0.375. The molecule has 72 valence electrons. The summed E-state index contributed by atoms with van der Waals surface area (Å²) in [4.78, 5) is 10.7. The third kappa shape index (κ3) is 2.69. The average Bonchev–Trinajstić information content (AvgIpc) is 2.32. The van der Waals surface area contributed by atoms with Crippen LogP contribution in [0.3, 0.4) is 0 Å². The number of sulfone groups is 1. The van der Waals surface area contributed by atoms with E-state index >= 15 is 0 Å². The largest absolute Gasteiger partial charge is 0.449 e. The van der Waals surface area contributed by atoms with E-state index in [0.29, 0.717) is 5.76 Å². The zero-order valence-corrected chi connectivity index (χ0v) is 8.22. The molecule has 0 aliphatic heterocycles. The summed E-state index contributed by atoms with van der Waals surface area (Å²) in [7, 11) is -3.30. The first kappa shape index (κ1) is 9.98. The van der Waals surface area contributed by atoms with Crippen LogP contribution in [0.15, 0.2) is 21.6 Å². The molecular formula is C8H10O4S. The van der Waals surface area contributed by atoms with E-state index in [9.17, 15) is 13.2 Å². The lowest BCUT2D eigenvalue weighted by Crippen LogP contribution is -1.96. The molecule has 0 aliphatic carbocycles. The minimum absolute atomic E-state index is 0.0607. The Kier molecular flexibility index (Phi) is 2.56. The summed E-state index contributed by atoms with van der Waals surface area (Å²) in [6.07, 6.45) is 1.19. The lowest BCUT2D eigenvalue weighted by atomic mass is 10.2. The van der Waals surface area contributed by atoms with Gasteiger partial charge in [-0.2, -0.15) is 0 Å². The smallest absolute Gasteiger partial charge is 0.217 e. The van der Waals surface area contributed by atoms with Gasteiger partial charge in [-0.05, 0) is 19.1 Å². The van der Waals surface area contributed by atoms with Crippen LogP contribution in [0, 0.1) is 0 Å². The Morgan fingerprint density at radius 2 is 2.08 bits per heavy atom. The van der Waals surface area contributed by atoms with Gasteiger partial charge in [0, 0.05) is 6.26 Å². The van der Waals surface area contributed by atoms with Crippen LogP contribution in [0.5, 0.6) is 0 Å². The van der Waals surface area contributed by atoms with E-state index in [4.69, 9.17) is 4.42 Å². The Morgan fingerprint density at radius 1 is 1.46 bits per heavy atom. The Labute approximate surface area is 76.5 Å². The fourth-order valence-electron chi connectivity index (χ4n) is 0.898. The van der Waals surface area contributed by atoms with Gasteiger partial charge in [0.1, 0.15) is 11.5 Å². The van der Waals surface area contributed by atoms with Gasteiger partial charge in [0.25, 0.3) is 0 Å². The Balaban J connectivity index is 2.94. The molecule has 0 N–H and O–H groups in total. The highest BCUT2D eigenvalue weighted by Crippen LogP contribution is 2.13. The quantitative estimate of drug-likeness (QED) is 0.727. The van der Waals surface area contributed by atoms with Crippen LogP contribution in [0.2, 0.25) is 0 Å². The molecule has 0 atom stereocenters. The van der Waals surface area contributed by atoms with Crippen LogP contribution in [-0.2, 0) is 21.1 Å². The maximum atomic E-state index is 11.0. The first-order valence-corrected chi connectivity index (χ1v) is 5.57. The highest BCUT2D eigenvalue weighted by atomic mass is 32.2. The van der Waals surface area contributed by atoms with Crippen LogP contribution in [0.1, 0.15) is 12.7 Å². The van der Waals surface area contributed by atoms with Crippen molar-refractivity contribution in [3.8, 4) is 0 Å². The molecule has 0 radical (unpaired) electrons. The number of carbonyl (C=O) groups excluding carboxylic acids is 1. The van der Waals surface area contributed by atoms with Gasteiger partial charge < -0.3 is 4.42 Å². The van der Waals surface area contributed by atoms with E-state index in [-0.39, 0.29) is 17.3 Å². The molecule has 0 saturated carbocycles. The van der Waals surface area contributed by atoms with Crippen molar-refractivity contribution in [1.82, 2.24) is 0 Å². The van der Waals surface area contributed by atoms with E-state index in [1.54, 1.807) is 0 Å². The molecule has 1 rings (SSSR count). The Hall–Kier alpha value is -1.10. The summed E-state index contributed by atoms with van der Waals surface area (Å²) in [5.41, 5.74) is 0. The minimum atomic E-state index is -3.30. The third-order valence-electron chi connectivity index (χ3n) is 1.43. The second-order valence-corrected chi connectivity index (χ2v) is 4.82. The van der Waals surface area contributed by atoms with Crippen molar-refractivity contribution < 1.29 is 17.6 Å². The summed E-state index contributed by atoms with van der Waals surface area (Å²) >= 11 is 0. The molecule has 0 aliphatic rings. The van der Waals surface area contributed by atoms with E-state index in [1.807, 2.05) is 0 Å². The number of rotatable bonds is 3. The molecule has 0 saturated heterocycles. The van der Waals surface area contributed by atoms with E-state index in [1.165, 1.54) is 19.1 Å². The molecule has 0 spiro atoms. The fourth-order valence-corrected chi connectivity index (χ4v) is 1.47. The first-order chi connectivity index (χ1) is 5.89. The molecule has 13 heavy (non-hydrogen) atoms. The lowest BCUT2D eigenvalue weighted by Gasteiger charge is -1.91. The molecule has 0 fully saturated rings. The van der Waals surface area contributed by atoms with E-state index in [0.717, 1.165) is 6.26 Å². The minimum Gasteiger partial charge on any atom is -0.449 e. The van der Waals surface area contributed by atoms with E-state index in [2.05, 4.69) is 0 Å². The number of furan rings is 1. The monoisotopic (exact) mass is 202 g/mol. The molecule has 0 amide bonds. The van der Waals surface area contributed by atoms with Crippen LogP contribution in [0.25, 0.3) is 0 Å². The first-order valence-electron chi connectivity index (χ1n) is 3.68. The molecule has 0 bridgehead atoms. The predicted octanol–water partition coefficient (Wildman–Crippen LogP) is 0.815. The van der Waals surface area contributed by atoms with Crippen molar-refractivity contribution >= 4 is 15.6 Å². The van der Waals surface area contributed by atoms with Gasteiger partial charge in [0.05, 0.1) is 6.42 Å². The topological polar surface area (TPSA) is 64.3 Å². The molecule has 0 unspecified atom stereocenters. The van der Waals surface area contributed by atoms with Gasteiger partial charge >= 0.3 is 0 Å². The second-order valence-electron chi connectivity index (χ2n) is 2.87. The summed E-state index contributed by atoms with van der Waals surface area (Å²) in [5, 5.41) is -0.0937. The maximum absolute atomic E-state index is 11.0. The van der Waals surface area contributed by atoms with Crippen molar-refractivity contribution in [2.45, 2.75) is 18.4 Å². The average molecular weight is 202 g/mol. The number of hydrogen-bond acceptors (Lipinski definition) is 4. The van der Waals surface area contributed by atoms with Crippen molar-refractivity contribution in [2.24, 2.45) is 0 Å². The van der Waals surface area contributed by atoms with Crippen LogP contribution in [0.4, 0.5) is 0 Å². The summed E-state index contributed by atoms with van der Waals surface area (Å²) in [6, 6.07) is 2.85. The van der Waals surface area contributed by atoms with Gasteiger partial charge in [-0.25, -0.2) is 8.42 Å². The SMILES string of the molecule is CC(=O)Cc1ccc(S(C)(=O)=O)o1. The van der Waals surface area contributed by atoms with Crippen LogP contribution in [-0.4, -0.2) is 20.5 Å². The van der Waals surface area contributed by atoms with Crippen molar-refractivity contribution in [1.29, 1.82) is 0 Å². The van der Waals surface area contributed by atoms with Crippen LogP contribution < -0.4 is 0 Å². The second kappa shape index (κ2) is 3.33. The van der Waals surface area contributed by atoms with Gasteiger partial charge in [-0.1, -0.05) is 0 Å². The van der Waals surface area contributed by atoms with Gasteiger partial charge in [0.2, 0.25) is 14.9 Å². The summed E-state index contributed by atoms with van der Waals surface area (Å²) < 4.78 is 26.9. The van der Waals surface area contributed by atoms with Crippen molar-refractivity contribution in [2.75, 3.05) is 6.26 Å². The molecule has 1 aromatic rings.